The normalized spacial score (nSPS) is 14.8. The van der Waals surface area contributed by atoms with Gasteiger partial charge in [0, 0.05) is 18.3 Å². The van der Waals surface area contributed by atoms with Crippen LogP contribution < -0.4 is 10.1 Å². The summed E-state index contributed by atoms with van der Waals surface area (Å²) >= 11 is 0. The number of nitrogens with one attached hydrogen (secondary N) is 1. The molecule has 0 spiro atoms. The van der Waals surface area contributed by atoms with Gasteiger partial charge in [-0.25, -0.2) is 9.37 Å². The van der Waals surface area contributed by atoms with Gasteiger partial charge in [-0.15, -0.1) is 0 Å². The Morgan fingerprint density at radius 2 is 2.08 bits per heavy atom. The first-order valence-corrected chi connectivity index (χ1v) is 9.24. The van der Waals surface area contributed by atoms with E-state index in [1.54, 1.807) is 18.2 Å². The number of hydrogen-bond donors (Lipinski definition) is 1. The van der Waals surface area contributed by atoms with Crippen molar-refractivity contribution in [3.8, 4) is 5.88 Å². The largest absolute Gasteiger partial charge is 0.473 e. The van der Waals surface area contributed by atoms with Gasteiger partial charge >= 0.3 is 0 Å². The maximum absolute atomic E-state index is 13.2. The molecule has 1 N–H and O–H groups in total. The van der Waals surface area contributed by atoms with E-state index in [1.165, 1.54) is 50.4 Å². The molecule has 0 bridgehead atoms. The summed E-state index contributed by atoms with van der Waals surface area (Å²) < 4.78 is 18.9. The third-order valence-electron chi connectivity index (χ3n) is 4.83. The Morgan fingerprint density at radius 1 is 1.27 bits per heavy atom. The minimum absolute atomic E-state index is 0.0946. The number of aryl methyl sites for hydroxylation is 1. The Labute approximate surface area is 153 Å². The van der Waals surface area contributed by atoms with Gasteiger partial charge < -0.3 is 10.1 Å². The summed E-state index contributed by atoms with van der Waals surface area (Å²) in [6, 6.07) is 8.06. The summed E-state index contributed by atoms with van der Waals surface area (Å²) in [4.78, 5) is 16.6. The van der Waals surface area contributed by atoms with Gasteiger partial charge in [-0.1, -0.05) is 31.4 Å². The number of nitrogens with zero attached hydrogens (tertiary/aromatic N) is 1. The number of halogens is 1. The zero-order valence-corrected chi connectivity index (χ0v) is 15.1. The summed E-state index contributed by atoms with van der Waals surface area (Å²) in [5, 5.41) is 3.02. The predicted octanol–water partition coefficient (Wildman–Crippen LogP) is 4.42. The molecule has 4 nitrogen and oxygen atoms in total. The van der Waals surface area contributed by atoms with E-state index in [0.29, 0.717) is 17.4 Å². The van der Waals surface area contributed by atoms with Crippen LogP contribution in [-0.4, -0.2) is 17.4 Å². The Kier molecular flexibility index (Phi) is 6.21. The van der Waals surface area contributed by atoms with Gasteiger partial charge in [0.2, 0.25) is 5.88 Å². The van der Waals surface area contributed by atoms with E-state index in [2.05, 4.69) is 10.3 Å². The lowest BCUT2D eigenvalue weighted by Crippen LogP contribution is -2.30. The number of pyridine rings is 1. The molecule has 1 aliphatic rings. The first-order chi connectivity index (χ1) is 12.6. The minimum atomic E-state index is -0.291. The zero-order valence-electron chi connectivity index (χ0n) is 15.1. The Balaban J connectivity index is 1.55. The van der Waals surface area contributed by atoms with Gasteiger partial charge in [0.05, 0.1) is 5.56 Å². The number of amides is 1. The average Bonchev–Trinajstić information content (AvgIpc) is 2.66. The summed E-state index contributed by atoms with van der Waals surface area (Å²) in [5.41, 5.74) is 2.06. The van der Waals surface area contributed by atoms with Crippen LogP contribution in [0.25, 0.3) is 0 Å². The monoisotopic (exact) mass is 356 g/mol. The molecule has 138 valence electrons. The number of hydrogen-bond acceptors (Lipinski definition) is 3. The number of carbonyl (C=O) groups is 1. The smallest absolute Gasteiger partial charge is 0.252 e. The highest BCUT2D eigenvalue weighted by Gasteiger charge is 2.15. The third-order valence-corrected chi connectivity index (χ3v) is 4.83. The number of ether oxygens (including phenoxy) is 1. The summed E-state index contributed by atoms with van der Waals surface area (Å²) in [7, 11) is 0. The molecule has 0 aliphatic heterocycles. The van der Waals surface area contributed by atoms with Crippen molar-refractivity contribution < 1.29 is 13.9 Å². The van der Waals surface area contributed by atoms with E-state index in [0.717, 1.165) is 17.7 Å². The molecule has 1 aromatic heterocycles. The second kappa shape index (κ2) is 8.79. The van der Waals surface area contributed by atoms with Crippen LogP contribution >= 0.6 is 0 Å². The molecule has 1 amide bonds. The van der Waals surface area contributed by atoms with E-state index in [1.807, 2.05) is 6.92 Å². The van der Waals surface area contributed by atoms with Gasteiger partial charge in [0.1, 0.15) is 12.4 Å². The Bertz CT molecular complexity index is 757. The fourth-order valence-corrected chi connectivity index (χ4v) is 3.35. The molecule has 26 heavy (non-hydrogen) atoms. The quantitative estimate of drug-likeness (QED) is 0.834. The maximum atomic E-state index is 13.2. The average molecular weight is 356 g/mol. The van der Waals surface area contributed by atoms with Crippen LogP contribution in [0.4, 0.5) is 4.39 Å². The summed E-state index contributed by atoms with van der Waals surface area (Å²) in [6.45, 7) is 2.82. The maximum Gasteiger partial charge on any atom is 0.252 e. The van der Waals surface area contributed by atoms with Crippen molar-refractivity contribution in [3.63, 3.8) is 0 Å². The van der Waals surface area contributed by atoms with Crippen LogP contribution in [0.15, 0.2) is 36.5 Å². The van der Waals surface area contributed by atoms with Crippen LogP contribution in [0.2, 0.25) is 0 Å². The molecular weight excluding hydrogens is 331 g/mol. The topological polar surface area (TPSA) is 51.2 Å². The van der Waals surface area contributed by atoms with Crippen molar-refractivity contribution in [2.24, 2.45) is 5.92 Å². The Morgan fingerprint density at radius 3 is 2.81 bits per heavy atom. The highest BCUT2D eigenvalue weighted by atomic mass is 19.1. The van der Waals surface area contributed by atoms with E-state index in [9.17, 15) is 9.18 Å². The fourth-order valence-electron chi connectivity index (χ4n) is 3.35. The van der Waals surface area contributed by atoms with Crippen molar-refractivity contribution >= 4 is 5.91 Å². The van der Waals surface area contributed by atoms with Gasteiger partial charge in [0.15, 0.2) is 0 Å². The molecule has 0 radical (unpaired) electrons. The van der Waals surface area contributed by atoms with Crippen LogP contribution in [0, 0.1) is 18.7 Å². The highest BCUT2D eigenvalue weighted by molar-refractivity contribution is 5.94. The van der Waals surface area contributed by atoms with Crippen LogP contribution in [0.1, 0.15) is 53.6 Å². The number of aromatic nitrogens is 1. The van der Waals surface area contributed by atoms with E-state index in [-0.39, 0.29) is 18.3 Å². The molecule has 0 saturated heterocycles. The highest BCUT2D eigenvalue weighted by Crippen LogP contribution is 2.23. The molecule has 1 aliphatic carbocycles. The number of rotatable bonds is 6. The lowest BCUT2D eigenvalue weighted by Gasteiger charge is -2.21. The summed E-state index contributed by atoms with van der Waals surface area (Å²) in [6.07, 6.45) is 7.76. The standard InChI is InChI=1S/C21H25FN2O2/c1-15-10-18(20(25)23-12-16-6-3-2-4-7-16)13-24-21(15)26-14-17-8-5-9-19(22)11-17/h5,8-11,13,16H,2-4,6-7,12,14H2,1H3,(H,23,25). The molecule has 0 atom stereocenters. The van der Waals surface area contributed by atoms with Gasteiger partial charge in [-0.3, -0.25) is 4.79 Å². The zero-order chi connectivity index (χ0) is 18.4. The minimum Gasteiger partial charge on any atom is -0.473 e. The van der Waals surface area contributed by atoms with E-state index in [4.69, 9.17) is 4.74 Å². The van der Waals surface area contributed by atoms with Gasteiger partial charge in [-0.2, -0.15) is 0 Å². The van der Waals surface area contributed by atoms with Crippen molar-refractivity contribution in [2.45, 2.75) is 45.6 Å². The first kappa shape index (κ1) is 18.4. The predicted molar refractivity (Wildman–Crippen MR) is 98.6 cm³/mol. The molecule has 1 aromatic carbocycles. The van der Waals surface area contributed by atoms with Crippen LogP contribution in [-0.2, 0) is 6.61 Å². The molecule has 0 unspecified atom stereocenters. The molecule has 2 aromatic rings. The van der Waals surface area contributed by atoms with Crippen molar-refractivity contribution in [1.82, 2.24) is 10.3 Å². The molecule has 1 saturated carbocycles. The molecule has 5 heteroatoms. The van der Waals surface area contributed by atoms with E-state index >= 15 is 0 Å². The summed E-state index contributed by atoms with van der Waals surface area (Å²) in [5.74, 6) is 0.664. The number of carbonyl (C=O) groups excluding carboxylic acids is 1. The molecule has 3 rings (SSSR count). The second-order valence-corrected chi connectivity index (χ2v) is 6.98. The first-order valence-electron chi connectivity index (χ1n) is 9.24. The lowest BCUT2D eigenvalue weighted by atomic mass is 9.89. The van der Waals surface area contributed by atoms with Crippen molar-refractivity contribution in [2.75, 3.05) is 6.54 Å². The SMILES string of the molecule is Cc1cc(C(=O)NCC2CCCCC2)cnc1OCc1cccc(F)c1. The van der Waals surface area contributed by atoms with Crippen molar-refractivity contribution in [3.05, 3.63) is 59.0 Å². The van der Waals surface area contributed by atoms with E-state index < -0.39 is 0 Å². The lowest BCUT2D eigenvalue weighted by molar-refractivity contribution is 0.0943. The van der Waals surface area contributed by atoms with Crippen LogP contribution in [0.3, 0.4) is 0 Å². The molecule has 1 fully saturated rings. The third kappa shape index (κ3) is 5.04. The Hall–Kier alpha value is -2.43. The fraction of sp³-hybridized carbons (Fsp3) is 0.429. The second-order valence-electron chi connectivity index (χ2n) is 6.98. The van der Waals surface area contributed by atoms with Crippen LogP contribution in [0.5, 0.6) is 5.88 Å². The number of benzene rings is 1. The van der Waals surface area contributed by atoms with Gasteiger partial charge in [-0.05, 0) is 49.4 Å². The molecular formula is C21H25FN2O2. The molecule has 1 heterocycles. The van der Waals surface area contributed by atoms with Crippen molar-refractivity contribution in [1.29, 1.82) is 0 Å². The van der Waals surface area contributed by atoms with Gasteiger partial charge in [0.25, 0.3) is 5.91 Å².